The molecular weight excluding hydrogens is 387 g/mol. The highest BCUT2D eigenvalue weighted by Gasteiger charge is 2.20. The van der Waals surface area contributed by atoms with Crippen LogP contribution in [-0.2, 0) is 19.6 Å². The largest absolute Gasteiger partial charge is 0.462 e. The lowest BCUT2D eigenvalue weighted by Crippen LogP contribution is -2.30. The van der Waals surface area contributed by atoms with Crippen LogP contribution < -0.4 is 10.0 Å². The standard InChI is InChI=1S/C19H21FN2O5S/c1-3-27-19(24)14-6-10-16(11-7-14)21-18(23)12-17(22-28(2,25)26)13-4-8-15(20)9-5-13/h4-11,17,22H,3,12H2,1-2H3,(H,21,23)/t17-/m0/s1. The minimum absolute atomic E-state index is 0.196. The first kappa shape index (κ1) is 21.5. The molecule has 0 unspecified atom stereocenters. The van der Waals surface area contributed by atoms with Crippen molar-refractivity contribution in [2.24, 2.45) is 0 Å². The van der Waals surface area contributed by atoms with Crippen molar-refractivity contribution < 1.29 is 27.1 Å². The Hall–Kier alpha value is -2.78. The molecule has 0 heterocycles. The van der Waals surface area contributed by atoms with Crippen molar-refractivity contribution in [3.63, 3.8) is 0 Å². The van der Waals surface area contributed by atoms with Crippen LogP contribution in [0.3, 0.4) is 0 Å². The molecule has 2 aromatic rings. The number of hydrogen-bond donors (Lipinski definition) is 2. The van der Waals surface area contributed by atoms with Gasteiger partial charge in [-0.05, 0) is 48.9 Å². The van der Waals surface area contributed by atoms with Crippen LogP contribution in [0.25, 0.3) is 0 Å². The van der Waals surface area contributed by atoms with E-state index in [-0.39, 0.29) is 13.0 Å². The van der Waals surface area contributed by atoms with Crippen LogP contribution in [-0.4, -0.2) is 33.2 Å². The number of carbonyl (C=O) groups is 2. The number of ether oxygens (including phenoxy) is 1. The Morgan fingerprint density at radius 2 is 1.68 bits per heavy atom. The lowest BCUT2D eigenvalue weighted by Gasteiger charge is -2.18. The first-order valence-electron chi connectivity index (χ1n) is 8.47. The molecule has 2 aromatic carbocycles. The molecule has 7 nitrogen and oxygen atoms in total. The molecule has 1 amide bonds. The highest BCUT2D eigenvalue weighted by Crippen LogP contribution is 2.20. The average molecular weight is 408 g/mol. The summed E-state index contributed by atoms with van der Waals surface area (Å²) in [6.07, 6.45) is 0.786. The van der Waals surface area contributed by atoms with Crippen molar-refractivity contribution in [2.75, 3.05) is 18.2 Å². The van der Waals surface area contributed by atoms with Gasteiger partial charge >= 0.3 is 5.97 Å². The van der Waals surface area contributed by atoms with E-state index in [1.165, 1.54) is 36.4 Å². The van der Waals surface area contributed by atoms with Crippen molar-refractivity contribution in [2.45, 2.75) is 19.4 Å². The fourth-order valence-electron chi connectivity index (χ4n) is 2.48. The molecule has 0 aliphatic carbocycles. The van der Waals surface area contributed by atoms with E-state index >= 15 is 0 Å². The number of anilines is 1. The molecule has 2 N–H and O–H groups in total. The molecule has 150 valence electrons. The van der Waals surface area contributed by atoms with Gasteiger partial charge in [0.15, 0.2) is 0 Å². The summed E-state index contributed by atoms with van der Waals surface area (Å²) in [5.74, 6) is -1.38. The highest BCUT2D eigenvalue weighted by molar-refractivity contribution is 7.88. The second-order valence-corrected chi connectivity index (χ2v) is 7.82. The maximum absolute atomic E-state index is 13.1. The van der Waals surface area contributed by atoms with Crippen molar-refractivity contribution >= 4 is 27.6 Å². The predicted octanol–water partition coefficient (Wildman–Crippen LogP) is 2.62. The number of rotatable bonds is 8. The quantitative estimate of drug-likeness (QED) is 0.654. The minimum atomic E-state index is -3.60. The third-order valence-corrected chi connectivity index (χ3v) is 4.41. The zero-order chi connectivity index (χ0) is 20.7. The Labute approximate surface area is 163 Å². The molecule has 0 fully saturated rings. The molecule has 0 aliphatic rings. The summed E-state index contributed by atoms with van der Waals surface area (Å²) < 4.78 is 43.6. The first-order chi connectivity index (χ1) is 13.2. The van der Waals surface area contributed by atoms with E-state index in [0.717, 1.165) is 6.26 Å². The van der Waals surface area contributed by atoms with Crippen molar-refractivity contribution in [1.29, 1.82) is 0 Å². The second kappa shape index (κ2) is 9.43. The minimum Gasteiger partial charge on any atom is -0.462 e. The summed E-state index contributed by atoms with van der Waals surface area (Å²) in [6, 6.07) is 10.5. The number of carbonyl (C=O) groups excluding carboxylic acids is 2. The highest BCUT2D eigenvalue weighted by atomic mass is 32.2. The zero-order valence-corrected chi connectivity index (χ0v) is 16.3. The van der Waals surface area contributed by atoms with Gasteiger partial charge in [-0.25, -0.2) is 22.3 Å². The summed E-state index contributed by atoms with van der Waals surface area (Å²) in [5, 5.41) is 2.64. The van der Waals surface area contributed by atoms with Crippen molar-refractivity contribution in [1.82, 2.24) is 4.72 Å². The van der Waals surface area contributed by atoms with Crippen LogP contribution in [0.5, 0.6) is 0 Å². The molecule has 0 saturated heterocycles. The number of esters is 1. The molecule has 0 aromatic heterocycles. The maximum Gasteiger partial charge on any atom is 0.338 e. The second-order valence-electron chi connectivity index (χ2n) is 6.04. The molecular formula is C19H21FN2O5S. The normalized spacial score (nSPS) is 12.2. The van der Waals surface area contributed by atoms with Gasteiger partial charge in [0.1, 0.15) is 5.82 Å². The van der Waals surface area contributed by atoms with Crippen LogP contribution in [0, 0.1) is 5.82 Å². The van der Waals surface area contributed by atoms with Crippen molar-refractivity contribution in [3.05, 3.63) is 65.5 Å². The number of hydrogen-bond acceptors (Lipinski definition) is 5. The Kier molecular flexibility index (Phi) is 7.24. The summed E-state index contributed by atoms with van der Waals surface area (Å²) in [6.45, 7) is 1.96. The number of amides is 1. The lowest BCUT2D eigenvalue weighted by molar-refractivity contribution is -0.116. The SMILES string of the molecule is CCOC(=O)c1ccc(NC(=O)C[C@H](NS(C)(=O)=O)c2ccc(F)cc2)cc1. The fraction of sp³-hybridized carbons (Fsp3) is 0.263. The maximum atomic E-state index is 13.1. The molecule has 2 rings (SSSR count). The summed E-state index contributed by atoms with van der Waals surface area (Å²) in [4.78, 5) is 24.0. The summed E-state index contributed by atoms with van der Waals surface area (Å²) in [7, 11) is -3.60. The monoisotopic (exact) mass is 408 g/mol. The van der Waals surface area contributed by atoms with Gasteiger partial charge in [-0.15, -0.1) is 0 Å². The first-order valence-corrected chi connectivity index (χ1v) is 10.4. The zero-order valence-electron chi connectivity index (χ0n) is 15.4. The molecule has 0 aliphatic heterocycles. The average Bonchev–Trinajstić information content (AvgIpc) is 2.61. The van der Waals surface area contributed by atoms with Crippen LogP contribution in [0.2, 0.25) is 0 Å². The van der Waals surface area contributed by atoms with E-state index in [1.54, 1.807) is 19.1 Å². The Morgan fingerprint density at radius 3 is 2.21 bits per heavy atom. The number of nitrogens with one attached hydrogen (secondary N) is 2. The number of sulfonamides is 1. The predicted molar refractivity (Wildman–Crippen MR) is 103 cm³/mol. The van der Waals surface area contributed by atoms with Gasteiger partial charge in [-0.2, -0.15) is 0 Å². The van der Waals surface area contributed by atoms with Crippen LogP contribution in [0.4, 0.5) is 10.1 Å². The van der Waals surface area contributed by atoms with Crippen molar-refractivity contribution in [3.8, 4) is 0 Å². The molecule has 0 bridgehead atoms. The fourth-order valence-corrected chi connectivity index (χ4v) is 3.22. The number of halogens is 1. The topological polar surface area (TPSA) is 102 Å². The van der Waals surface area contributed by atoms with E-state index in [2.05, 4.69) is 10.0 Å². The molecule has 1 atom stereocenters. The van der Waals surface area contributed by atoms with Gasteiger partial charge in [-0.3, -0.25) is 4.79 Å². The van der Waals surface area contributed by atoms with E-state index in [9.17, 15) is 22.4 Å². The van der Waals surface area contributed by atoms with E-state index in [0.29, 0.717) is 16.8 Å². The van der Waals surface area contributed by atoms with E-state index in [4.69, 9.17) is 4.74 Å². The van der Waals surface area contributed by atoms with Crippen LogP contribution in [0.1, 0.15) is 35.3 Å². The Morgan fingerprint density at radius 1 is 1.07 bits per heavy atom. The van der Waals surface area contributed by atoms with E-state index < -0.39 is 33.8 Å². The van der Waals surface area contributed by atoms with Crippen LogP contribution >= 0.6 is 0 Å². The molecule has 0 spiro atoms. The van der Waals surface area contributed by atoms with E-state index in [1.807, 2.05) is 0 Å². The Balaban J connectivity index is 2.08. The van der Waals surface area contributed by atoms with Crippen LogP contribution in [0.15, 0.2) is 48.5 Å². The molecule has 28 heavy (non-hydrogen) atoms. The molecule has 0 radical (unpaired) electrons. The van der Waals surface area contributed by atoms with Gasteiger partial charge in [0, 0.05) is 12.1 Å². The summed E-state index contributed by atoms with van der Waals surface area (Å²) >= 11 is 0. The van der Waals surface area contributed by atoms with Gasteiger partial charge in [0.05, 0.1) is 24.5 Å². The smallest absolute Gasteiger partial charge is 0.338 e. The van der Waals surface area contributed by atoms with Gasteiger partial charge in [0.2, 0.25) is 15.9 Å². The third-order valence-electron chi connectivity index (χ3n) is 3.70. The van der Waals surface area contributed by atoms with Gasteiger partial charge in [-0.1, -0.05) is 12.1 Å². The third kappa shape index (κ3) is 6.75. The number of benzene rings is 2. The lowest BCUT2D eigenvalue weighted by atomic mass is 10.0. The molecule has 9 heteroatoms. The summed E-state index contributed by atoms with van der Waals surface area (Å²) in [5.41, 5.74) is 1.25. The molecule has 0 saturated carbocycles. The van der Waals surface area contributed by atoms with Gasteiger partial charge < -0.3 is 10.1 Å². The Bertz CT molecular complexity index is 928. The van der Waals surface area contributed by atoms with Gasteiger partial charge in [0.25, 0.3) is 0 Å².